The molecule has 0 spiro atoms. The molecule has 3 rings (SSSR count). The van der Waals surface area contributed by atoms with E-state index in [4.69, 9.17) is 20.6 Å². The number of esters is 1. The Bertz CT molecular complexity index is 1420. The van der Waals surface area contributed by atoms with Gasteiger partial charge < -0.3 is 30.2 Å². The Balaban J connectivity index is 1.98. The highest BCUT2D eigenvalue weighted by atomic mass is 19.4. The summed E-state index contributed by atoms with van der Waals surface area (Å²) in [5.74, 6) is -3.19. The number of nitrogens with one attached hydrogen (secondary N) is 4. The number of pyridine rings is 1. The molecule has 6 N–H and O–H groups in total. The maximum atomic E-state index is 13.5. The van der Waals surface area contributed by atoms with Crippen LogP contribution in [0.15, 0.2) is 60.8 Å². The number of anilines is 2. The molecule has 0 saturated carbocycles. The highest BCUT2D eigenvalue weighted by Gasteiger charge is 2.42. The van der Waals surface area contributed by atoms with Crippen molar-refractivity contribution in [3.8, 4) is 17.2 Å². The quantitative estimate of drug-likeness (QED) is 0.0606. The maximum Gasteiger partial charge on any atom is 0.491 e. The molecule has 15 heteroatoms. The summed E-state index contributed by atoms with van der Waals surface area (Å²) in [5.41, 5.74) is 11.0. The van der Waals surface area contributed by atoms with Gasteiger partial charge in [-0.3, -0.25) is 21.1 Å². The Labute approximate surface area is 245 Å². The molecule has 43 heavy (non-hydrogen) atoms. The SMILES string of the molecule is CCOc1cc(C(Nc2ccc(C(=N)N)c(OC(=O)C(F)(F)F)c2)C(=O)NNc2ccccn2)ccc1OCCN(C)C. The van der Waals surface area contributed by atoms with Crippen molar-refractivity contribution in [2.24, 2.45) is 5.73 Å². The zero-order valence-electron chi connectivity index (χ0n) is 23.6. The minimum Gasteiger partial charge on any atom is -0.490 e. The van der Waals surface area contributed by atoms with Gasteiger partial charge in [-0.2, -0.15) is 13.2 Å². The van der Waals surface area contributed by atoms with Crippen LogP contribution in [0.2, 0.25) is 0 Å². The average Bonchev–Trinajstić information content (AvgIpc) is 2.95. The van der Waals surface area contributed by atoms with Crippen LogP contribution < -0.4 is 36.1 Å². The van der Waals surface area contributed by atoms with Gasteiger partial charge in [0.15, 0.2) is 11.5 Å². The number of amides is 1. The number of benzene rings is 2. The van der Waals surface area contributed by atoms with Crippen LogP contribution in [-0.2, 0) is 9.59 Å². The third-order valence-corrected chi connectivity index (χ3v) is 5.65. The average molecular weight is 604 g/mol. The van der Waals surface area contributed by atoms with Gasteiger partial charge in [-0.15, -0.1) is 0 Å². The summed E-state index contributed by atoms with van der Waals surface area (Å²) >= 11 is 0. The predicted octanol–water partition coefficient (Wildman–Crippen LogP) is 3.47. The number of likely N-dealkylation sites (N-methyl/N-ethyl adjacent to an activating group) is 1. The van der Waals surface area contributed by atoms with Crippen LogP contribution in [0.25, 0.3) is 0 Å². The molecule has 0 fully saturated rings. The first-order chi connectivity index (χ1) is 20.4. The predicted molar refractivity (Wildman–Crippen MR) is 153 cm³/mol. The van der Waals surface area contributed by atoms with E-state index in [2.05, 4.69) is 25.9 Å². The van der Waals surface area contributed by atoms with Crippen molar-refractivity contribution in [2.75, 3.05) is 44.6 Å². The van der Waals surface area contributed by atoms with E-state index >= 15 is 0 Å². The van der Waals surface area contributed by atoms with Crippen molar-refractivity contribution in [1.29, 1.82) is 5.41 Å². The lowest BCUT2D eigenvalue weighted by Gasteiger charge is -2.23. The summed E-state index contributed by atoms with van der Waals surface area (Å²) in [6.45, 7) is 3.12. The highest BCUT2D eigenvalue weighted by molar-refractivity contribution is 5.99. The van der Waals surface area contributed by atoms with E-state index in [0.29, 0.717) is 42.6 Å². The van der Waals surface area contributed by atoms with Gasteiger partial charge >= 0.3 is 12.1 Å². The summed E-state index contributed by atoms with van der Waals surface area (Å²) in [7, 11) is 3.81. The fourth-order valence-electron chi connectivity index (χ4n) is 3.61. The molecule has 12 nitrogen and oxygen atoms in total. The molecule has 0 saturated heterocycles. The Morgan fingerprint density at radius 2 is 1.81 bits per heavy atom. The Morgan fingerprint density at radius 3 is 2.44 bits per heavy atom. The van der Waals surface area contributed by atoms with E-state index in [0.717, 1.165) is 6.07 Å². The number of nitrogen functional groups attached to an aromatic ring is 1. The van der Waals surface area contributed by atoms with E-state index in [1.807, 2.05) is 19.0 Å². The minimum atomic E-state index is -5.29. The van der Waals surface area contributed by atoms with Gasteiger partial charge in [0.2, 0.25) is 0 Å². The minimum absolute atomic E-state index is 0.0808. The summed E-state index contributed by atoms with van der Waals surface area (Å²) in [6.07, 6.45) is -3.77. The summed E-state index contributed by atoms with van der Waals surface area (Å²) < 4.78 is 54.9. The number of nitrogens with zero attached hydrogens (tertiary/aromatic N) is 2. The van der Waals surface area contributed by atoms with E-state index < -0.39 is 35.7 Å². The molecule has 0 aliphatic heterocycles. The van der Waals surface area contributed by atoms with Crippen molar-refractivity contribution in [2.45, 2.75) is 19.1 Å². The lowest BCUT2D eigenvalue weighted by Crippen LogP contribution is -2.37. The zero-order chi connectivity index (χ0) is 31.6. The molecule has 1 atom stereocenters. The van der Waals surface area contributed by atoms with E-state index in [-0.39, 0.29) is 11.3 Å². The molecule has 0 aliphatic rings. The normalized spacial score (nSPS) is 11.8. The third-order valence-electron chi connectivity index (χ3n) is 5.65. The molecule has 0 radical (unpaired) electrons. The van der Waals surface area contributed by atoms with Gasteiger partial charge in [0.25, 0.3) is 5.91 Å². The molecule has 1 amide bonds. The number of amidine groups is 1. The van der Waals surface area contributed by atoms with Crippen molar-refractivity contribution in [1.82, 2.24) is 15.3 Å². The molecule has 1 heterocycles. The Kier molecular flexibility index (Phi) is 11.1. The second kappa shape index (κ2) is 14.7. The number of halogens is 3. The lowest BCUT2D eigenvalue weighted by atomic mass is 10.0. The number of carbonyl (C=O) groups is 2. The van der Waals surface area contributed by atoms with Gasteiger partial charge in [-0.05, 0) is 63.0 Å². The van der Waals surface area contributed by atoms with Crippen LogP contribution in [0.1, 0.15) is 24.1 Å². The number of carbonyl (C=O) groups excluding carboxylic acids is 2. The Hall–Kier alpha value is -5.05. The number of rotatable bonds is 14. The van der Waals surface area contributed by atoms with Gasteiger partial charge in [0.1, 0.15) is 30.1 Å². The molecule has 0 bridgehead atoms. The molecule has 0 aliphatic carbocycles. The maximum absolute atomic E-state index is 13.5. The third kappa shape index (κ3) is 9.49. The summed E-state index contributed by atoms with van der Waals surface area (Å²) in [4.78, 5) is 31.0. The van der Waals surface area contributed by atoms with Crippen LogP contribution in [0, 0.1) is 5.41 Å². The molecule has 230 valence electrons. The number of hydrogen-bond donors (Lipinski definition) is 5. The fourth-order valence-corrected chi connectivity index (χ4v) is 3.61. The fraction of sp³-hybridized carbons (Fsp3) is 0.286. The first kappa shape index (κ1) is 32.5. The molecular formula is C28H32F3N7O5. The summed E-state index contributed by atoms with van der Waals surface area (Å²) in [6, 6.07) is 12.3. The standard InChI is InChI=1S/C28H32F3N7O5/c1-4-41-22-15-17(8-11-20(22)42-14-13-38(2)3)24(26(39)37-36-23-7-5-6-12-34-23)35-18-9-10-19(25(32)33)21(16-18)43-27(40)28(29,30)31/h5-12,15-16,24,35H,4,13-14H2,1-3H3,(H3,32,33)(H,34,36)(H,37,39). The van der Waals surface area contributed by atoms with Crippen molar-refractivity contribution < 1.29 is 37.0 Å². The molecular weight excluding hydrogens is 571 g/mol. The molecule has 1 aromatic heterocycles. The molecule has 1 unspecified atom stereocenters. The monoisotopic (exact) mass is 603 g/mol. The first-order valence-corrected chi connectivity index (χ1v) is 12.9. The van der Waals surface area contributed by atoms with Crippen LogP contribution in [0.3, 0.4) is 0 Å². The van der Waals surface area contributed by atoms with Gasteiger partial charge in [0.05, 0.1) is 12.2 Å². The number of ether oxygens (including phenoxy) is 3. The van der Waals surface area contributed by atoms with Crippen LogP contribution >= 0.6 is 0 Å². The van der Waals surface area contributed by atoms with E-state index in [1.165, 1.54) is 18.3 Å². The molecule has 2 aromatic carbocycles. The topological polar surface area (TPSA) is 164 Å². The second-order valence-corrected chi connectivity index (χ2v) is 9.21. The molecule has 3 aromatic rings. The Morgan fingerprint density at radius 1 is 1.05 bits per heavy atom. The highest BCUT2D eigenvalue weighted by Crippen LogP contribution is 2.33. The van der Waals surface area contributed by atoms with Crippen LogP contribution in [-0.4, -0.2) is 67.6 Å². The van der Waals surface area contributed by atoms with Crippen LogP contribution in [0.4, 0.5) is 24.7 Å². The smallest absolute Gasteiger partial charge is 0.490 e. The van der Waals surface area contributed by atoms with E-state index in [9.17, 15) is 22.8 Å². The number of alkyl halides is 3. The number of nitrogens with two attached hydrogens (primary N) is 1. The van der Waals surface area contributed by atoms with E-state index in [1.54, 1.807) is 43.3 Å². The van der Waals surface area contributed by atoms with Crippen molar-refractivity contribution in [3.63, 3.8) is 0 Å². The van der Waals surface area contributed by atoms with Crippen molar-refractivity contribution in [3.05, 3.63) is 71.9 Å². The van der Waals surface area contributed by atoms with Crippen LogP contribution in [0.5, 0.6) is 17.2 Å². The number of hydrogen-bond acceptors (Lipinski definition) is 10. The first-order valence-electron chi connectivity index (χ1n) is 12.9. The van der Waals surface area contributed by atoms with Gasteiger partial charge in [-0.25, -0.2) is 9.78 Å². The lowest BCUT2D eigenvalue weighted by molar-refractivity contribution is -0.189. The second-order valence-electron chi connectivity index (χ2n) is 9.21. The van der Waals surface area contributed by atoms with Gasteiger partial charge in [-0.1, -0.05) is 12.1 Å². The zero-order valence-corrected chi connectivity index (χ0v) is 23.6. The summed E-state index contributed by atoms with van der Waals surface area (Å²) in [5, 5.41) is 10.6. The van der Waals surface area contributed by atoms with Gasteiger partial charge in [0, 0.05) is 24.5 Å². The van der Waals surface area contributed by atoms with Crippen molar-refractivity contribution >= 4 is 29.2 Å². The number of hydrazine groups is 1. The number of aromatic nitrogens is 1. The largest absolute Gasteiger partial charge is 0.491 e.